The van der Waals surface area contributed by atoms with Gasteiger partial charge in [-0.2, -0.15) is 0 Å². The quantitative estimate of drug-likeness (QED) is 0.618. The van der Waals surface area contributed by atoms with E-state index in [0.717, 1.165) is 24.5 Å². The second-order valence-corrected chi connectivity index (χ2v) is 7.43. The topological polar surface area (TPSA) is 57.3 Å². The molecule has 2 aromatic carbocycles. The largest absolute Gasteiger partial charge is 0.377 e. The van der Waals surface area contributed by atoms with Gasteiger partial charge >= 0.3 is 0 Å². The minimum absolute atomic E-state index is 0.120. The van der Waals surface area contributed by atoms with Gasteiger partial charge in [0, 0.05) is 42.9 Å². The van der Waals surface area contributed by atoms with E-state index in [1.807, 2.05) is 36.4 Å². The molecule has 1 fully saturated rings. The Labute approximate surface area is 171 Å². The number of benzene rings is 2. The molecule has 0 saturated carbocycles. The average molecular weight is 386 g/mol. The van der Waals surface area contributed by atoms with E-state index in [1.54, 1.807) is 12.4 Å². The fourth-order valence-electron chi connectivity index (χ4n) is 3.65. The van der Waals surface area contributed by atoms with Crippen LogP contribution in [0.5, 0.6) is 0 Å². The van der Waals surface area contributed by atoms with Gasteiger partial charge in [-0.3, -0.25) is 9.78 Å². The van der Waals surface area contributed by atoms with Gasteiger partial charge in [-0.25, -0.2) is 0 Å². The van der Waals surface area contributed by atoms with Gasteiger partial charge in [-0.1, -0.05) is 30.3 Å². The van der Waals surface area contributed by atoms with Crippen molar-refractivity contribution in [3.8, 4) is 0 Å². The Bertz CT molecular complexity index is 950. The van der Waals surface area contributed by atoms with Crippen molar-refractivity contribution in [1.82, 2.24) is 4.98 Å². The molecule has 2 heterocycles. The van der Waals surface area contributed by atoms with Crippen LogP contribution in [0.25, 0.3) is 0 Å². The molecule has 5 heteroatoms. The first-order chi connectivity index (χ1) is 14.2. The summed E-state index contributed by atoms with van der Waals surface area (Å²) >= 11 is 0. The normalized spacial score (nSPS) is 14.4. The maximum Gasteiger partial charge on any atom is 0.257 e. The monoisotopic (exact) mass is 386 g/mol. The van der Waals surface area contributed by atoms with Gasteiger partial charge in [0.25, 0.3) is 5.91 Å². The van der Waals surface area contributed by atoms with Crippen LogP contribution in [0.2, 0.25) is 0 Å². The molecule has 1 aliphatic heterocycles. The van der Waals surface area contributed by atoms with Gasteiger partial charge in [0.2, 0.25) is 0 Å². The first-order valence-electron chi connectivity index (χ1n) is 10.1. The Hall–Kier alpha value is -3.34. The molecule has 1 aliphatic rings. The molecule has 148 valence electrons. The number of anilines is 3. The molecule has 1 atom stereocenters. The predicted molar refractivity (Wildman–Crippen MR) is 119 cm³/mol. The molecule has 1 aromatic heterocycles. The molecule has 0 bridgehead atoms. The van der Waals surface area contributed by atoms with E-state index >= 15 is 0 Å². The zero-order chi connectivity index (χ0) is 20.1. The maximum absolute atomic E-state index is 12.7. The summed E-state index contributed by atoms with van der Waals surface area (Å²) in [6, 6.07) is 20.2. The molecule has 2 N–H and O–H groups in total. The number of amides is 1. The van der Waals surface area contributed by atoms with E-state index in [0.29, 0.717) is 5.56 Å². The zero-order valence-electron chi connectivity index (χ0n) is 16.6. The SMILES string of the molecule is CC(Nc1cncc(C(=O)Nc2ccc(N3CCCC3)cc2)c1)c1ccccc1. The zero-order valence-corrected chi connectivity index (χ0v) is 16.6. The minimum atomic E-state index is -0.164. The predicted octanol–water partition coefficient (Wildman–Crippen LogP) is 5.11. The van der Waals surface area contributed by atoms with Crippen molar-refractivity contribution in [1.29, 1.82) is 0 Å². The van der Waals surface area contributed by atoms with Gasteiger partial charge in [-0.15, -0.1) is 0 Å². The lowest BCUT2D eigenvalue weighted by Crippen LogP contribution is -2.17. The smallest absolute Gasteiger partial charge is 0.257 e. The molecule has 0 radical (unpaired) electrons. The number of hydrogen-bond donors (Lipinski definition) is 2. The lowest BCUT2D eigenvalue weighted by atomic mass is 10.1. The van der Waals surface area contributed by atoms with Crippen LogP contribution < -0.4 is 15.5 Å². The van der Waals surface area contributed by atoms with Gasteiger partial charge < -0.3 is 15.5 Å². The number of nitrogens with one attached hydrogen (secondary N) is 2. The van der Waals surface area contributed by atoms with Crippen molar-refractivity contribution in [2.75, 3.05) is 28.6 Å². The Morgan fingerprint density at radius 3 is 2.41 bits per heavy atom. The van der Waals surface area contributed by atoms with Gasteiger partial charge in [0.05, 0.1) is 11.3 Å². The summed E-state index contributed by atoms with van der Waals surface area (Å²) in [6.07, 6.45) is 5.82. The summed E-state index contributed by atoms with van der Waals surface area (Å²) in [5.74, 6) is -0.164. The van der Waals surface area contributed by atoms with Gasteiger partial charge in [-0.05, 0) is 55.7 Å². The van der Waals surface area contributed by atoms with Crippen LogP contribution in [-0.2, 0) is 0 Å². The Morgan fingerprint density at radius 1 is 0.966 bits per heavy atom. The highest BCUT2D eigenvalue weighted by Gasteiger charge is 2.13. The highest BCUT2D eigenvalue weighted by atomic mass is 16.1. The molecule has 1 amide bonds. The highest BCUT2D eigenvalue weighted by molar-refractivity contribution is 6.04. The number of carbonyl (C=O) groups excluding carboxylic acids is 1. The van der Waals surface area contributed by atoms with E-state index in [9.17, 15) is 4.79 Å². The third-order valence-electron chi connectivity index (χ3n) is 5.28. The van der Waals surface area contributed by atoms with E-state index in [-0.39, 0.29) is 11.9 Å². The number of aromatic nitrogens is 1. The third-order valence-corrected chi connectivity index (χ3v) is 5.28. The highest BCUT2D eigenvalue weighted by Crippen LogP contribution is 2.23. The van der Waals surface area contributed by atoms with E-state index in [4.69, 9.17) is 0 Å². The summed E-state index contributed by atoms with van der Waals surface area (Å²) in [5.41, 5.74) is 4.52. The lowest BCUT2D eigenvalue weighted by molar-refractivity contribution is 0.102. The number of hydrogen-bond acceptors (Lipinski definition) is 4. The lowest BCUT2D eigenvalue weighted by Gasteiger charge is -2.18. The van der Waals surface area contributed by atoms with E-state index in [1.165, 1.54) is 24.1 Å². The van der Waals surface area contributed by atoms with Crippen molar-refractivity contribution in [3.05, 3.63) is 84.2 Å². The third kappa shape index (κ3) is 4.74. The molecule has 1 saturated heterocycles. The van der Waals surface area contributed by atoms with Crippen LogP contribution in [-0.4, -0.2) is 24.0 Å². The van der Waals surface area contributed by atoms with Crippen molar-refractivity contribution in [3.63, 3.8) is 0 Å². The van der Waals surface area contributed by atoms with Gasteiger partial charge in [0.15, 0.2) is 0 Å². The first-order valence-corrected chi connectivity index (χ1v) is 10.1. The number of carbonyl (C=O) groups is 1. The second-order valence-electron chi connectivity index (χ2n) is 7.43. The summed E-state index contributed by atoms with van der Waals surface area (Å²) < 4.78 is 0. The Morgan fingerprint density at radius 2 is 1.69 bits per heavy atom. The summed E-state index contributed by atoms with van der Waals surface area (Å²) in [5, 5.41) is 6.37. The Kier molecular flexibility index (Phi) is 5.75. The van der Waals surface area contributed by atoms with Crippen LogP contribution in [0.15, 0.2) is 73.1 Å². The average Bonchev–Trinajstić information content (AvgIpc) is 3.30. The molecular weight excluding hydrogens is 360 g/mol. The van der Waals surface area contributed by atoms with Crippen molar-refractivity contribution in [2.24, 2.45) is 0 Å². The molecule has 5 nitrogen and oxygen atoms in total. The van der Waals surface area contributed by atoms with Gasteiger partial charge in [0.1, 0.15) is 0 Å². The van der Waals surface area contributed by atoms with Crippen LogP contribution in [0.4, 0.5) is 17.1 Å². The fraction of sp³-hybridized carbons (Fsp3) is 0.250. The molecular formula is C24H26N4O. The summed E-state index contributed by atoms with van der Waals surface area (Å²) in [4.78, 5) is 19.3. The molecule has 0 spiro atoms. The summed E-state index contributed by atoms with van der Waals surface area (Å²) in [7, 11) is 0. The first kappa shape index (κ1) is 19.0. The maximum atomic E-state index is 12.7. The Balaban J connectivity index is 1.40. The van der Waals surface area contributed by atoms with Crippen LogP contribution in [0.3, 0.4) is 0 Å². The standard InChI is InChI=1S/C24H26N4O/c1-18(19-7-3-2-4-8-19)26-22-15-20(16-25-17-22)24(29)27-21-9-11-23(12-10-21)28-13-5-6-14-28/h2-4,7-12,15-18,26H,5-6,13-14H2,1H3,(H,27,29). The number of pyridine rings is 1. The van der Waals surface area contributed by atoms with Crippen LogP contribution in [0, 0.1) is 0 Å². The number of rotatable bonds is 6. The molecule has 29 heavy (non-hydrogen) atoms. The number of nitrogens with zero attached hydrogens (tertiary/aromatic N) is 2. The molecule has 3 aromatic rings. The van der Waals surface area contributed by atoms with E-state index in [2.05, 4.69) is 51.7 Å². The second kappa shape index (κ2) is 8.78. The molecule has 0 aliphatic carbocycles. The van der Waals surface area contributed by atoms with Crippen LogP contribution >= 0.6 is 0 Å². The van der Waals surface area contributed by atoms with Crippen molar-refractivity contribution in [2.45, 2.75) is 25.8 Å². The minimum Gasteiger partial charge on any atom is -0.377 e. The van der Waals surface area contributed by atoms with Crippen molar-refractivity contribution < 1.29 is 4.79 Å². The summed E-state index contributed by atoms with van der Waals surface area (Å²) in [6.45, 7) is 4.31. The van der Waals surface area contributed by atoms with Crippen LogP contribution in [0.1, 0.15) is 41.7 Å². The molecule has 4 rings (SSSR count). The fourth-order valence-corrected chi connectivity index (χ4v) is 3.65. The van der Waals surface area contributed by atoms with E-state index < -0.39 is 0 Å². The van der Waals surface area contributed by atoms with Crippen molar-refractivity contribution >= 4 is 23.0 Å². The molecule has 1 unspecified atom stereocenters.